The topological polar surface area (TPSA) is 98.2 Å². The van der Waals surface area contributed by atoms with Crippen molar-refractivity contribution in [2.45, 2.75) is 38.4 Å². The Morgan fingerprint density at radius 1 is 1.35 bits per heavy atom. The first-order chi connectivity index (χ1) is 14.4. The number of carbonyl (C=O) groups excluding carboxylic acids is 3. The van der Waals surface area contributed by atoms with Gasteiger partial charge in [0.2, 0.25) is 11.8 Å². The third-order valence-electron chi connectivity index (χ3n) is 6.48. The van der Waals surface area contributed by atoms with Crippen LogP contribution in [0.4, 0.5) is 0 Å². The summed E-state index contributed by atoms with van der Waals surface area (Å²) in [5.41, 5.74) is 1.03. The van der Waals surface area contributed by atoms with Crippen LogP contribution in [0.25, 0.3) is 0 Å². The summed E-state index contributed by atoms with van der Waals surface area (Å²) in [4.78, 5) is 55.3. The molecule has 158 valence electrons. The minimum Gasteiger partial charge on any atom is -1.00 e. The number of rotatable bonds is 4. The molecule has 3 saturated heterocycles. The van der Waals surface area contributed by atoms with Crippen LogP contribution in [0.1, 0.15) is 26.1 Å². The minimum absolute atomic E-state index is 0. The number of thiophene rings is 1. The number of amides is 3. The molecule has 10 heteroatoms. The standard InChI is InChI=1S/C21H21N3O5S.Na.H/c1-11(25)23-9-14-8-13(17(21(28)29)24-16(14)18(23)20(24)27)7-12-4-5-22(19(12)26)10-15-3-2-6-30-15;;/h2-3,6-7,14,16,18H,4-5,8-10H2,1H3,(H,28,29);;/q;+1;-1/b12-7+;;/t14-,16-,18+;;/m1../s1. The van der Waals surface area contributed by atoms with E-state index in [1.165, 1.54) is 11.8 Å². The average molecular weight is 451 g/mol. The fourth-order valence-electron chi connectivity index (χ4n) is 5.18. The Morgan fingerprint density at radius 3 is 2.77 bits per heavy atom. The number of hydrogen-bond donors (Lipinski definition) is 1. The summed E-state index contributed by atoms with van der Waals surface area (Å²) in [5.74, 6) is -1.79. The number of aliphatic carboxylic acids is 1. The zero-order chi connectivity index (χ0) is 21.2. The Hall–Kier alpha value is -1.94. The third kappa shape index (κ3) is 3.47. The summed E-state index contributed by atoms with van der Waals surface area (Å²) < 4.78 is 0. The Balaban J connectivity index is 0.00000144. The maximum atomic E-state index is 12.9. The van der Waals surface area contributed by atoms with Crippen molar-refractivity contribution in [1.82, 2.24) is 14.7 Å². The Morgan fingerprint density at radius 2 is 2.13 bits per heavy atom. The molecule has 8 nitrogen and oxygen atoms in total. The SMILES string of the molecule is CC(=O)N1C[C@H]2CC(/C=C3\CCN(Cc4cccs4)C3=O)=C(C(=O)O)N3C(=O)[C@@H]1[C@@H]23.[H-].[Na+]. The Kier molecular flexibility index (Phi) is 5.89. The van der Waals surface area contributed by atoms with E-state index in [9.17, 15) is 24.3 Å². The first-order valence-corrected chi connectivity index (χ1v) is 10.8. The summed E-state index contributed by atoms with van der Waals surface area (Å²) in [6.07, 6.45) is 2.66. The molecule has 0 unspecified atom stereocenters. The quantitative estimate of drug-likeness (QED) is 0.335. The Bertz CT molecular complexity index is 1040. The maximum absolute atomic E-state index is 12.9. The summed E-state index contributed by atoms with van der Waals surface area (Å²) in [6, 6.07) is 3.11. The van der Waals surface area contributed by atoms with Gasteiger partial charge in [-0.1, -0.05) is 6.07 Å². The van der Waals surface area contributed by atoms with Crippen LogP contribution in [0.2, 0.25) is 0 Å². The number of carbonyl (C=O) groups is 4. The van der Waals surface area contributed by atoms with Gasteiger partial charge in [0, 0.05) is 36.4 Å². The molecule has 1 aromatic heterocycles. The van der Waals surface area contributed by atoms with Crippen molar-refractivity contribution in [2.75, 3.05) is 13.1 Å². The van der Waals surface area contributed by atoms with E-state index < -0.39 is 12.0 Å². The average Bonchev–Trinajstić information content (AvgIpc) is 3.41. The molecule has 0 saturated carbocycles. The number of carboxylic acid groups (broad SMARTS) is 1. The van der Waals surface area contributed by atoms with Crippen LogP contribution in [-0.4, -0.2) is 68.7 Å². The van der Waals surface area contributed by atoms with E-state index in [2.05, 4.69) is 0 Å². The predicted molar refractivity (Wildman–Crippen MR) is 108 cm³/mol. The molecule has 31 heavy (non-hydrogen) atoms. The van der Waals surface area contributed by atoms with Crippen molar-refractivity contribution in [3.8, 4) is 0 Å². The smallest absolute Gasteiger partial charge is 1.00 e. The van der Waals surface area contributed by atoms with Gasteiger partial charge in [0.15, 0.2) is 0 Å². The van der Waals surface area contributed by atoms with Gasteiger partial charge in [0.05, 0.1) is 12.6 Å². The second-order valence-corrected chi connectivity index (χ2v) is 9.22. The van der Waals surface area contributed by atoms with Gasteiger partial charge >= 0.3 is 35.5 Å². The summed E-state index contributed by atoms with van der Waals surface area (Å²) in [6.45, 7) is 3.00. The van der Waals surface area contributed by atoms with Gasteiger partial charge in [-0.2, -0.15) is 0 Å². The van der Waals surface area contributed by atoms with E-state index in [1.807, 2.05) is 17.5 Å². The molecular weight excluding hydrogens is 429 g/mol. The zero-order valence-electron chi connectivity index (χ0n) is 18.4. The van der Waals surface area contributed by atoms with E-state index in [0.717, 1.165) is 4.88 Å². The molecule has 3 amide bonds. The van der Waals surface area contributed by atoms with E-state index in [0.29, 0.717) is 43.6 Å². The monoisotopic (exact) mass is 451 g/mol. The van der Waals surface area contributed by atoms with E-state index in [-0.39, 0.29) is 66.4 Å². The molecule has 4 aliphatic rings. The molecule has 4 aliphatic heterocycles. The van der Waals surface area contributed by atoms with Gasteiger partial charge in [0.25, 0.3) is 5.91 Å². The van der Waals surface area contributed by atoms with Crippen molar-refractivity contribution in [1.29, 1.82) is 0 Å². The molecule has 1 aromatic rings. The molecule has 0 aromatic carbocycles. The fraction of sp³-hybridized carbons (Fsp3) is 0.429. The van der Waals surface area contributed by atoms with Crippen LogP contribution in [0.3, 0.4) is 0 Å². The first kappa shape index (κ1) is 22.3. The summed E-state index contributed by atoms with van der Waals surface area (Å²) in [5, 5.41) is 11.8. The van der Waals surface area contributed by atoms with Crippen molar-refractivity contribution < 1.29 is 55.3 Å². The number of hydrogen-bond acceptors (Lipinski definition) is 5. The summed E-state index contributed by atoms with van der Waals surface area (Å²) >= 11 is 1.60. The molecule has 5 rings (SSSR count). The second-order valence-electron chi connectivity index (χ2n) is 8.18. The van der Waals surface area contributed by atoms with Crippen molar-refractivity contribution in [3.05, 3.63) is 45.3 Å². The maximum Gasteiger partial charge on any atom is 1.00 e. The molecule has 0 spiro atoms. The van der Waals surface area contributed by atoms with Gasteiger partial charge in [-0.15, -0.1) is 11.3 Å². The molecule has 3 atom stereocenters. The first-order valence-electron chi connectivity index (χ1n) is 9.95. The number of nitrogens with zero attached hydrogens (tertiary/aromatic N) is 3. The number of β-lactam (4-membered cyclic amide) rings is 1. The molecule has 0 radical (unpaired) electrons. The number of likely N-dealkylation sites (tertiary alicyclic amines) is 2. The van der Waals surface area contributed by atoms with Crippen LogP contribution < -0.4 is 29.6 Å². The Labute approximate surface area is 206 Å². The van der Waals surface area contributed by atoms with Crippen LogP contribution >= 0.6 is 11.3 Å². The number of allylic oxidation sites excluding steroid dienone is 2. The van der Waals surface area contributed by atoms with Gasteiger partial charge in [-0.3, -0.25) is 19.3 Å². The van der Waals surface area contributed by atoms with E-state index in [4.69, 9.17) is 0 Å². The largest absolute Gasteiger partial charge is 1.00 e. The van der Waals surface area contributed by atoms with Crippen LogP contribution in [0, 0.1) is 5.92 Å². The van der Waals surface area contributed by atoms with Crippen molar-refractivity contribution in [2.24, 2.45) is 5.92 Å². The minimum atomic E-state index is -1.17. The van der Waals surface area contributed by atoms with Crippen molar-refractivity contribution >= 4 is 35.0 Å². The third-order valence-corrected chi connectivity index (χ3v) is 7.35. The van der Waals surface area contributed by atoms with E-state index >= 15 is 0 Å². The van der Waals surface area contributed by atoms with Crippen LogP contribution in [-0.2, 0) is 25.7 Å². The zero-order valence-corrected chi connectivity index (χ0v) is 20.2. The van der Waals surface area contributed by atoms with Gasteiger partial charge in [-0.05, 0) is 35.9 Å². The van der Waals surface area contributed by atoms with Crippen LogP contribution in [0.5, 0.6) is 0 Å². The molecule has 5 heterocycles. The van der Waals surface area contributed by atoms with E-state index in [1.54, 1.807) is 27.2 Å². The normalized spacial score (nSPS) is 28.1. The molecule has 1 N–H and O–H groups in total. The van der Waals surface area contributed by atoms with Crippen LogP contribution in [0.15, 0.2) is 40.4 Å². The molecular formula is C21H22N3NaO5S. The molecule has 0 bridgehead atoms. The second kappa shape index (κ2) is 8.20. The number of carboxylic acids is 1. The molecule has 3 fully saturated rings. The summed E-state index contributed by atoms with van der Waals surface area (Å²) in [7, 11) is 0. The van der Waals surface area contributed by atoms with Crippen molar-refractivity contribution in [3.63, 3.8) is 0 Å². The fourth-order valence-corrected chi connectivity index (χ4v) is 5.90. The van der Waals surface area contributed by atoms with Gasteiger partial charge in [-0.25, -0.2) is 4.79 Å². The predicted octanol–water partition coefficient (Wildman–Crippen LogP) is -1.68. The van der Waals surface area contributed by atoms with Gasteiger partial charge < -0.3 is 16.3 Å². The molecule has 0 aliphatic carbocycles. The van der Waals surface area contributed by atoms with Gasteiger partial charge in [0.1, 0.15) is 11.7 Å².